The molecule has 0 saturated carbocycles. The molecule has 2 heterocycles. The molecular weight excluding hydrogens is 316 g/mol. The highest BCUT2D eigenvalue weighted by molar-refractivity contribution is 5.89. The Hall–Kier alpha value is -2.63. The van der Waals surface area contributed by atoms with Gasteiger partial charge in [0.2, 0.25) is 5.95 Å². The molecule has 25 heavy (non-hydrogen) atoms. The molecule has 6 nitrogen and oxygen atoms in total. The van der Waals surface area contributed by atoms with E-state index in [1.807, 2.05) is 18.2 Å². The first-order chi connectivity index (χ1) is 12.0. The first-order valence-electron chi connectivity index (χ1n) is 8.65. The lowest BCUT2D eigenvalue weighted by Crippen LogP contribution is -2.35. The van der Waals surface area contributed by atoms with Crippen molar-refractivity contribution in [3.8, 4) is 0 Å². The molecule has 1 aliphatic heterocycles. The van der Waals surface area contributed by atoms with E-state index in [2.05, 4.69) is 48.2 Å². The van der Waals surface area contributed by atoms with Gasteiger partial charge in [0.05, 0.1) is 12.1 Å². The molecule has 1 saturated heterocycles. The van der Waals surface area contributed by atoms with Gasteiger partial charge in [0.1, 0.15) is 12.4 Å². The fourth-order valence-electron chi connectivity index (χ4n) is 3.03. The molecule has 3 rings (SSSR count). The van der Waals surface area contributed by atoms with Gasteiger partial charge in [-0.05, 0) is 30.9 Å². The number of hydrogen-bond acceptors (Lipinski definition) is 5. The maximum absolute atomic E-state index is 12.1. The van der Waals surface area contributed by atoms with Gasteiger partial charge in [-0.25, -0.2) is 9.78 Å². The molecule has 0 spiro atoms. The Labute approximate surface area is 148 Å². The van der Waals surface area contributed by atoms with E-state index in [0.29, 0.717) is 24.3 Å². The van der Waals surface area contributed by atoms with Crippen LogP contribution in [0.15, 0.2) is 42.6 Å². The predicted molar refractivity (Wildman–Crippen MR) is 97.6 cm³/mol. The van der Waals surface area contributed by atoms with Crippen molar-refractivity contribution in [3.05, 3.63) is 48.2 Å². The molecule has 132 valence electrons. The highest BCUT2D eigenvalue weighted by atomic mass is 16.6. The van der Waals surface area contributed by atoms with E-state index in [1.165, 1.54) is 0 Å². The van der Waals surface area contributed by atoms with Crippen LogP contribution in [0.2, 0.25) is 0 Å². The highest BCUT2D eigenvalue weighted by Gasteiger charge is 2.35. The van der Waals surface area contributed by atoms with E-state index in [4.69, 9.17) is 4.74 Å². The fraction of sp³-hybridized carbons (Fsp3) is 0.421. The van der Waals surface area contributed by atoms with Gasteiger partial charge in [0.15, 0.2) is 0 Å². The lowest BCUT2D eigenvalue weighted by atomic mass is 10.0. The van der Waals surface area contributed by atoms with Crippen molar-refractivity contribution in [3.63, 3.8) is 0 Å². The van der Waals surface area contributed by atoms with Crippen molar-refractivity contribution < 1.29 is 9.53 Å². The third kappa shape index (κ3) is 4.07. The van der Waals surface area contributed by atoms with Crippen LogP contribution in [0.5, 0.6) is 0 Å². The van der Waals surface area contributed by atoms with E-state index >= 15 is 0 Å². The molecule has 6 heteroatoms. The Morgan fingerprint density at radius 2 is 2.00 bits per heavy atom. The Kier molecular flexibility index (Phi) is 5.16. The topological polar surface area (TPSA) is 67.3 Å². The van der Waals surface area contributed by atoms with Crippen LogP contribution in [-0.4, -0.2) is 28.7 Å². The molecule has 1 amide bonds. The van der Waals surface area contributed by atoms with Gasteiger partial charge in [0.25, 0.3) is 0 Å². The van der Waals surface area contributed by atoms with Gasteiger partial charge in [-0.2, -0.15) is 4.98 Å². The number of amides is 1. The number of ether oxygens (including phenoxy) is 1. The molecule has 1 unspecified atom stereocenters. The van der Waals surface area contributed by atoms with Crippen LogP contribution in [0.3, 0.4) is 0 Å². The second-order valence-electron chi connectivity index (χ2n) is 6.75. The van der Waals surface area contributed by atoms with Crippen LogP contribution >= 0.6 is 0 Å². The fourth-order valence-corrected chi connectivity index (χ4v) is 3.03. The maximum Gasteiger partial charge on any atom is 0.415 e. The van der Waals surface area contributed by atoms with Gasteiger partial charge < -0.3 is 10.1 Å². The minimum atomic E-state index is -0.341. The zero-order chi connectivity index (χ0) is 17.8. The predicted octanol–water partition coefficient (Wildman–Crippen LogP) is 4.02. The van der Waals surface area contributed by atoms with Gasteiger partial charge in [-0.1, -0.05) is 44.2 Å². The molecule has 1 aromatic carbocycles. The first-order valence-corrected chi connectivity index (χ1v) is 8.65. The van der Waals surface area contributed by atoms with E-state index in [0.717, 1.165) is 12.0 Å². The second kappa shape index (κ2) is 7.51. The average Bonchev–Trinajstić information content (AvgIpc) is 2.95. The Morgan fingerprint density at radius 3 is 2.72 bits per heavy atom. The maximum atomic E-state index is 12.1. The number of nitrogens with zero attached hydrogens (tertiary/aromatic N) is 3. The zero-order valence-electron chi connectivity index (χ0n) is 14.8. The van der Waals surface area contributed by atoms with Crippen molar-refractivity contribution in [1.82, 2.24) is 9.97 Å². The van der Waals surface area contributed by atoms with Crippen LogP contribution in [0.25, 0.3) is 0 Å². The summed E-state index contributed by atoms with van der Waals surface area (Å²) in [5, 5.41) is 3.29. The Bertz CT molecular complexity index is 720. The number of nitrogens with one attached hydrogen (secondary N) is 1. The standard InChI is InChI=1S/C19H24N4O2/c1-13(2)11-16-12-25-19(24)23(16)17-9-10-20-18(22-17)21-14(3)15-7-5-4-6-8-15/h4-10,13-14,16H,11-12H2,1-3H3,(H,20,21,22)/t14-,16?/m0/s1. The number of aromatic nitrogens is 2. The summed E-state index contributed by atoms with van der Waals surface area (Å²) >= 11 is 0. The van der Waals surface area contributed by atoms with Crippen LogP contribution in [-0.2, 0) is 4.74 Å². The van der Waals surface area contributed by atoms with Crippen LogP contribution in [0.1, 0.15) is 38.8 Å². The lowest BCUT2D eigenvalue weighted by Gasteiger charge is -2.22. The number of carbonyl (C=O) groups excluding carboxylic acids is 1. The van der Waals surface area contributed by atoms with Crippen LogP contribution < -0.4 is 10.2 Å². The summed E-state index contributed by atoms with van der Waals surface area (Å²) in [7, 11) is 0. The summed E-state index contributed by atoms with van der Waals surface area (Å²) in [6, 6.07) is 11.9. The summed E-state index contributed by atoms with van der Waals surface area (Å²) < 4.78 is 5.23. The Morgan fingerprint density at radius 1 is 1.24 bits per heavy atom. The molecule has 1 aliphatic rings. The van der Waals surface area contributed by atoms with Crippen molar-refractivity contribution in [2.75, 3.05) is 16.8 Å². The molecule has 1 aromatic heterocycles. The SMILES string of the molecule is CC(C)CC1COC(=O)N1c1ccnc(N[C@@H](C)c2ccccc2)n1. The van der Waals surface area contributed by atoms with E-state index in [1.54, 1.807) is 17.2 Å². The van der Waals surface area contributed by atoms with Crippen LogP contribution in [0.4, 0.5) is 16.6 Å². The second-order valence-corrected chi connectivity index (χ2v) is 6.75. The summed E-state index contributed by atoms with van der Waals surface area (Å²) in [4.78, 5) is 22.6. The normalized spacial score (nSPS) is 18.3. The van der Waals surface area contributed by atoms with E-state index in [-0.39, 0.29) is 18.2 Å². The van der Waals surface area contributed by atoms with Crippen molar-refractivity contribution in [2.24, 2.45) is 5.92 Å². The van der Waals surface area contributed by atoms with Crippen molar-refractivity contribution >= 4 is 17.9 Å². The summed E-state index contributed by atoms with van der Waals surface area (Å²) in [6.07, 6.45) is 2.20. The molecule has 1 N–H and O–H groups in total. The van der Waals surface area contributed by atoms with Crippen molar-refractivity contribution in [2.45, 2.75) is 39.3 Å². The van der Waals surface area contributed by atoms with Gasteiger partial charge in [0, 0.05) is 6.20 Å². The van der Waals surface area contributed by atoms with Crippen molar-refractivity contribution in [1.29, 1.82) is 0 Å². The first kappa shape index (κ1) is 17.2. The monoisotopic (exact) mass is 340 g/mol. The number of rotatable bonds is 6. The van der Waals surface area contributed by atoms with Gasteiger partial charge in [-0.15, -0.1) is 0 Å². The molecule has 0 bridgehead atoms. The largest absolute Gasteiger partial charge is 0.447 e. The average molecular weight is 340 g/mol. The molecule has 2 atom stereocenters. The summed E-state index contributed by atoms with van der Waals surface area (Å²) in [6.45, 7) is 6.73. The van der Waals surface area contributed by atoms with Gasteiger partial charge >= 0.3 is 6.09 Å². The zero-order valence-corrected chi connectivity index (χ0v) is 14.8. The lowest BCUT2D eigenvalue weighted by molar-refractivity contribution is 0.178. The minimum Gasteiger partial charge on any atom is -0.447 e. The summed E-state index contributed by atoms with van der Waals surface area (Å²) in [5.41, 5.74) is 1.15. The smallest absolute Gasteiger partial charge is 0.415 e. The molecule has 0 radical (unpaired) electrons. The summed E-state index contributed by atoms with van der Waals surface area (Å²) in [5.74, 6) is 1.54. The van der Waals surface area contributed by atoms with Gasteiger partial charge in [-0.3, -0.25) is 4.90 Å². The highest BCUT2D eigenvalue weighted by Crippen LogP contribution is 2.26. The molecule has 1 fully saturated rings. The van der Waals surface area contributed by atoms with E-state index in [9.17, 15) is 4.79 Å². The number of carbonyl (C=O) groups is 1. The molecular formula is C19H24N4O2. The number of cyclic esters (lactones) is 1. The minimum absolute atomic E-state index is 0.0156. The Balaban J connectivity index is 1.77. The molecule has 0 aliphatic carbocycles. The molecule has 2 aromatic rings. The van der Waals surface area contributed by atoms with Crippen LogP contribution in [0, 0.1) is 5.92 Å². The number of anilines is 2. The number of benzene rings is 1. The van der Waals surface area contributed by atoms with E-state index < -0.39 is 0 Å². The third-order valence-corrected chi connectivity index (χ3v) is 4.24. The quantitative estimate of drug-likeness (QED) is 0.860. The number of hydrogen-bond donors (Lipinski definition) is 1. The third-order valence-electron chi connectivity index (χ3n) is 4.24.